The van der Waals surface area contributed by atoms with E-state index in [4.69, 9.17) is 9.47 Å². The summed E-state index contributed by atoms with van der Waals surface area (Å²) in [5.74, 6) is -0.153. The Morgan fingerprint density at radius 3 is 2.27 bits per heavy atom. The topological polar surface area (TPSA) is 64.6 Å². The molecule has 0 fully saturated rings. The average Bonchev–Trinajstić information content (AvgIpc) is 2.47. The second-order valence-corrected chi connectivity index (χ2v) is 6.26. The number of aryl methyl sites for hydroxylation is 1. The van der Waals surface area contributed by atoms with Crippen LogP contribution in [0.15, 0.2) is 41.3 Å². The molecule has 118 valence electrons. The Hall–Kier alpha value is -2.28. The van der Waals surface area contributed by atoms with Crippen LogP contribution >= 0.6 is 0 Å². The summed E-state index contributed by atoms with van der Waals surface area (Å²) in [4.78, 5) is -0.0266. The highest BCUT2D eigenvalue weighted by Gasteiger charge is 2.21. The molecule has 22 heavy (non-hydrogen) atoms. The van der Waals surface area contributed by atoms with E-state index in [9.17, 15) is 12.8 Å². The van der Waals surface area contributed by atoms with Gasteiger partial charge in [0.1, 0.15) is 22.2 Å². The van der Waals surface area contributed by atoms with Crippen molar-refractivity contribution in [1.29, 1.82) is 0 Å². The summed E-state index contributed by atoms with van der Waals surface area (Å²) < 4.78 is 50.9. The van der Waals surface area contributed by atoms with Gasteiger partial charge in [-0.05, 0) is 36.8 Å². The van der Waals surface area contributed by atoms with Crippen LogP contribution in [0.2, 0.25) is 0 Å². The third-order valence-electron chi connectivity index (χ3n) is 3.01. The molecule has 2 aromatic rings. The van der Waals surface area contributed by atoms with Gasteiger partial charge >= 0.3 is 0 Å². The van der Waals surface area contributed by atoms with E-state index in [1.54, 1.807) is 19.1 Å². The fraction of sp³-hybridized carbons (Fsp3) is 0.200. The zero-order valence-corrected chi connectivity index (χ0v) is 13.2. The second-order valence-electron chi connectivity index (χ2n) is 4.60. The summed E-state index contributed by atoms with van der Waals surface area (Å²) in [5.41, 5.74) is 0.776. The number of rotatable bonds is 5. The molecule has 0 saturated heterocycles. The average molecular weight is 325 g/mol. The number of benzene rings is 2. The van der Waals surface area contributed by atoms with Gasteiger partial charge in [0, 0.05) is 6.07 Å². The van der Waals surface area contributed by atoms with Gasteiger partial charge in [-0.1, -0.05) is 6.07 Å². The summed E-state index contributed by atoms with van der Waals surface area (Å²) in [7, 11) is -1.19. The van der Waals surface area contributed by atoms with E-state index in [1.165, 1.54) is 32.4 Å². The quantitative estimate of drug-likeness (QED) is 0.918. The number of halogens is 1. The standard InChI is InChI=1S/C15H16FNO4S/c1-10-4-6-14(21-3)15(8-10)22(18,19)17-12-9-11(16)5-7-13(12)20-2/h4-9,17H,1-3H3. The number of hydrogen-bond donors (Lipinski definition) is 1. The Bertz CT molecular complexity index is 790. The molecule has 0 aliphatic carbocycles. The second kappa shape index (κ2) is 6.23. The molecule has 7 heteroatoms. The van der Waals surface area contributed by atoms with E-state index in [-0.39, 0.29) is 22.1 Å². The molecule has 5 nitrogen and oxygen atoms in total. The van der Waals surface area contributed by atoms with Crippen LogP contribution in [0.1, 0.15) is 5.56 Å². The van der Waals surface area contributed by atoms with Crippen molar-refractivity contribution < 1.29 is 22.3 Å². The first-order valence-electron chi connectivity index (χ1n) is 6.38. The van der Waals surface area contributed by atoms with Crippen molar-refractivity contribution in [3.63, 3.8) is 0 Å². The smallest absolute Gasteiger partial charge is 0.265 e. The normalized spacial score (nSPS) is 11.1. The van der Waals surface area contributed by atoms with Crippen molar-refractivity contribution in [2.75, 3.05) is 18.9 Å². The lowest BCUT2D eigenvalue weighted by Crippen LogP contribution is -2.15. The maximum atomic E-state index is 13.4. The largest absolute Gasteiger partial charge is 0.495 e. The Morgan fingerprint density at radius 1 is 1.00 bits per heavy atom. The van der Waals surface area contributed by atoms with Gasteiger partial charge < -0.3 is 9.47 Å². The molecule has 0 heterocycles. The zero-order chi connectivity index (χ0) is 16.3. The molecule has 0 aliphatic rings. The molecule has 0 aromatic heterocycles. The monoisotopic (exact) mass is 325 g/mol. The van der Waals surface area contributed by atoms with E-state index in [1.807, 2.05) is 0 Å². The maximum Gasteiger partial charge on any atom is 0.265 e. The fourth-order valence-electron chi connectivity index (χ4n) is 1.95. The third kappa shape index (κ3) is 3.30. The Kier molecular flexibility index (Phi) is 4.56. The van der Waals surface area contributed by atoms with E-state index in [2.05, 4.69) is 4.72 Å². The molecule has 0 saturated carbocycles. The van der Waals surface area contributed by atoms with Crippen LogP contribution in [-0.4, -0.2) is 22.6 Å². The lowest BCUT2D eigenvalue weighted by atomic mass is 10.2. The zero-order valence-electron chi connectivity index (χ0n) is 12.4. The highest BCUT2D eigenvalue weighted by atomic mass is 32.2. The lowest BCUT2D eigenvalue weighted by molar-refractivity contribution is 0.402. The molecule has 0 atom stereocenters. The van der Waals surface area contributed by atoms with Crippen molar-refractivity contribution in [1.82, 2.24) is 0 Å². The van der Waals surface area contributed by atoms with Gasteiger partial charge in [0.05, 0.1) is 19.9 Å². The third-order valence-corrected chi connectivity index (χ3v) is 4.40. The Morgan fingerprint density at radius 2 is 1.64 bits per heavy atom. The van der Waals surface area contributed by atoms with E-state index < -0.39 is 15.8 Å². The van der Waals surface area contributed by atoms with E-state index >= 15 is 0 Å². The molecule has 0 amide bonds. The first kappa shape index (κ1) is 16.1. The van der Waals surface area contributed by atoms with E-state index in [0.717, 1.165) is 11.6 Å². The van der Waals surface area contributed by atoms with Crippen molar-refractivity contribution in [2.45, 2.75) is 11.8 Å². The SMILES string of the molecule is COc1ccc(F)cc1NS(=O)(=O)c1cc(C)ccc1OC. The number of methoxy groups -OCH3 is 2. The Labute approximate surface area is 128 Å². The van der Waals surface area contributed by atoms with Crippen LogP contribution in [-0.2, 0) is 10.0 Å². The summed E-state index contributed by atoms with van der Waals surface area (Å²) in [6.07, 6.45) is 0. The molecule has 0 spiro atoms. The number of hydrogen-bond acceptors (Lipinski definition) is 4. The Balaban J connectivity index is 2.49. The van der Waals surface area contributed by atoms with Crippen molar-refractivity contribution in [3.8, 4) is 11.5 Å². The molecular formula is C15H16FNO4S. The summed E-state index contributed by atoms with van der Waals surface area (Å²) in [5, 5.41) is 0. The van der Waals surface area contributed by atoms with Gasteiger partial charge in [0.15, 0.2) is 0 Å². The van der Waals surface area contributed by atoms with E-state index in [0.29, 0.717) is 0 Å². The lowest BCUT2D eigenvalue weighted by Gasteiger charge is -2.14. The van der Waals surface area contributed by atoms with Crippen LogP contribution in [0.3, 0.4) is 0 Å². The fourth-order valence-corrected chi connectivity index (χ4v) is 3.27. The maximum absolute atomic E-state index is 13.4. The molecule has 0 bridgehead atoms. The predicted octanol–water partition coefficient (Wildman–Crippen LogP) is 2.95. The number of sulfonamides is 1. The molecule has 1 N–H and O–H groups in total. The predicted molar refractivity (Wildman–Crippen MR) is 81.5 cm³/mol. The minimum Gasteiger partial charge on any atom is -0.495 e. The summed E-state index contributed by atoms with van der Waals surface area (Å²) in [6.45, 7) is 1.77. The molecule has 2 aromatic carbocycles. The number of ether oxygens (including phenoxy) is 2. The van der Waals surface area contributed by atoms with Gasteiger partial charge in [0.25, 0.3) is 10.0 Å². The van der Waals surface area contributed by atoms with Crippen LogP contribution in [0, 0.1) is 12.7 Å². The highest BCUT2D eigenvalue weighted by molar-refractivity contribution is 7.92. The van der Waals surface area contributed by atoms with Crippen molar-refractivity contribution in [2.24, 2.45) is 0 Å². The highest BCUT2D eigenvalue weighted by Crippen LogP contribution is 2.31. The van der Waals surface area contributed by atoms with Crippen LogP contribution in [0.25, 0.3) is 0 Å². The van der Waals surface area contributed by atoms with Crippen LogP contribution in [0.4, 0.5) is 10.1 Å². The molecule has 0 unspecified atom stereocenters. The van der Waals surface area contributed by atoms with Crippen LogP contribution in [0.5, 0.6) is 11.5 Å². The molecule has 0 radical (unpaired) electrons. The van der Waals surface area contributed by atoms with Crippen molar-refractivity contribution >= 4 is 15.7 Å². The summed E-state index contributed by atoms with van der Waals surface area (Å²) >= 11 is 0. The minimum atomic E-state index is -3.95. The van der Waals surface area contributed by atoms with Gasteiger partial charge in [0.2, 0.25) is 0 Å². The number of nitrogens with one attached hydrogen (secondary N) is 1. The summed E-state index contributed by atoms with van der Waals surface area (Å²) in [6, 6.07) is 8.36. The molecular weight excluding hydrogens is 309 g/mol. The first-order valence-corrected chi connectivity index (χ1v) is 7.86. The van der Waals surface area contributed by atoms with Gasteiger partial charge in [-0.3, -0.25) is 4.72 Å². The first-order chi connectivity index (χ1) is 10.4. The van der Waals surface area contributed by atoms with Crippen LogP contribution < -0.4 is 14.2 Å². The van der Waals surface area contributed by atoms with Gasteiger partial charge in [-0.2, -0.15) is 0 Å². The molecule has 0 aliphatic heterocycles. The van der Waals surface area contributed by atoms with Gasteiger partial charge in [-0.15, -0.1) is 0 Å². The molecule has 2 rings (SSSR count). The van der Waals surface area contributed by atoms with Crippen molar-refractivity contribution in [3.05, 3.63) is 47.8 Å². The van der Waals surface area contributed by atoms with Gasteiger partial charge in [-0.25, -0.2) is 12.8 Å². The minimum absolute atomic E-state index is 0.0195. The number of anilines is 1.